The smallest absolute Gasteiger partial charge is 0.129 e. The second-order valence-corrected chi connectivity index (χ2v) is 5.15. The Bertz CT molecular complexity index is 419. The van der Waals surface area contributed by atoms with E-state index in [-0.39, 0.29) is 11.3 Å². The average Bonchev–Trinajstić information content (AvgIpc) is 2.30. The lowest BCUT2D eigenvalue weighted by atomic mass is 9.54. The van der Waals surface area contributed by atoms with Crippen LogP contribution in [-0.2, 0) is 0 Å². The van der Waals surface area contributed by atoms with E-state index in [1.165, 1.54) is 6.07 Å². The first kappa shape index (κ1) is 12.5. The van der Waals surface area contributed by atoms with Crippen LogP contribution in [0.1, 0.15) is 38.2 Å². The van der Waals surface area contributed by atoms with Crippen molar-refractivity contribution in [1.82, 2.24) is 5.32 Å². The van der Waals surface area contributed by atoms with Gasteiger partial charge in [-0.2, -0.15) is 0 Å². The molecule has 0 aliphatic heterocycles. The first-order valence-corrected chi connectivity index (χ1v) is 6.15. The molecule has 3 unspecified atom stereocenters. The molecule has 3 atom stereocenters. The van der Waals surface area contributed by atoms with Crippen molar-refractivity contribution in [2.24, 2.45) is 5.41 Å². The van der Waals surface area contributed by atoms with Crippen molar-refractivity contribution < 1.29 is 8.78 Å². The van der Waals surface area contributed by atoms with Crippen LogP contribution in [-0.4, -0.2) is 13.1 Å². The Kier molecular flexibility index (Phi) is 3.21. The van der Waals surface area contributed by atoms with Crippen LogP contribution in [0.2, 0.25) is 0 Å². The van der Waals surface area contributed by atoms with E-state index in [0.29, 0.717) is 11.6 Å². The standard InChI is InChI=1S/C14H19F2N/c1-4-14(2)11(8-13(14)17-3)10-6-5-9(15)7-12(10)16/h5-7,11,13,17H,4,8H2,1-3H3. The van der Waals surface area contributed by atoms with Crippen LogP contribution in [0.15, 0.2) is 18.2 Å². The molecule has 0 bridgehead atoms. The zero-order valence-corrected chi connectivity index (χ0v) is 10.6. The number of halogens is 2. The summed E-state index contributed by atoms with van der Waals surface area (Å²) in [5.74, 6) is -0.733. The highest BCUT2D eigenvalue weighted by Gasteiger charge is 2.50. The first-order valence-electron chi connectivity index (χ1n) is 6.15. The Labute approximate surface area is 101 Å². The molecule has 0 aromatic heterocycles. The highest BCUT2D eigenvalue weighted by Crippen LogP contribution is 2.55. The molecule has 17 heavy (non-hydrogen) atoms. The molecule has 1 saturated carbocycles. The molecule has 1 aliphatic carbocycles. The van der Waals surface area contributed by atoms with Gasteiger partial charge >= 0.3 is 0 Å². The van der Waals surface area contributed by atoms with Crippen molar-refractivity contribution in [2.45, 2.75) is 38.6 Å². The summed E-state index contributed by atoms with van der Waals surface area (Å²) < 4.78 is 26.7. The van der Waals surface area contributed by atoms with E-state index in [4.69, 9.17) is 0 Å². The molecule has 0 heterocycles. The minimum Gasteiger partial charge on any atom is -0.316 e. The van der Waals surface area contributed by atoms with Gasteiger partial charge in [0.1, 0.15) is 11.6 Å². The Balaban J connectivity index is 2.30. The molecule has 1 nitrogen and oxygen atoms in total. The van der Waals surface area contributed by atoms with Gasteiger partial charge in [-0.3, -0.25) is 0 Å². The molecule has 0 spiro atoms. The lowest BCUT2D eigenvalue weighted by Gasteiger charge is -2.54. The summed E-state index contributed by atoms with van der Waals surface area (Å²) in [6.45, 7) is 4.29. The number of benzene rings is 1. The highest BCUT2D eigenvalue weighted by molar-refractivity contribution is 5.29. The van der Waals surface area contributed by atoms with Gasteiger partial charge in [-0.05, 0) is 42.9 Å². The van der Waals surface area contributed by atoms with E-state index in [1.54, 1.807) is 6.07 Å². The van der Waals surface area contributed by atoms with E-state index in [9.17, 15) is 8.78 Å². The molecule has 1 fully saturated rings. The minimum absolute atomic E-state index is 0.0629. The molecular weight excluding hydrogens is 220 g/mol. The van der Waals surface area contributed by atoms with Crippen molar-refractivity contribution >= 4 is 0 Å². The zero-order valence-electron chi connectivity index (χ0n) is 10.6. The minimum atomic E-state index is -0.506. The highest BCUT2D eigenvalue weighted by atomic mass is 19.1. The van der Waals surface area contributed by atoms with E-state index >= 15 is 0 Å². The zero-order chi connectivity index (χ0) is 12.6. The van der Waals surface area contributed by atoms with Gasteiger partial charge in [0.25, 0.3) is 0 Å². The largest absolute Gasteiger partial charge is 0.316 e. The Morgan fingerprint density at radius 2 is 2.12 bits per heavy atom. The third-order valence-electron chi connectivity index (χ3n) is 4.51. The summed E-state index contributed by atoms with van der Waals surface area (Å²) in [6, 6.07) is 4.34. The summed E-state index contributed by atoms with van der Waals surface area (Å²) in [4.78, 5) is 0. The third-order valence-corrected chi connectivity index (χ3v) is 4.51. The maximum absolute atomic E-state index is 13.8. The maximum Gasteiger partial charge on any atom is 0.129 e. The van der Waals surface area contributed by atoms with Gasteiger partial charge < -0.3 is 5.32 Å². The van der Waals surface area contributed by atoms with Crippen LogP contribution in [0.3, 0.4) is 0 Å². The molecule has 0 amide bonds. The van der Waals surface area contributed by atoms with Gasteiger partial charge in [-0.25, -0.2) is 8.78 Å². The Hall–Kier alpha value is -0.960. The number of rotatable bonds is 3. The lowest BCUT2D eigenvalue weighted by molar-refractivity contribution is 0.0473. The number of hydrogen-bond acceptors (Lipinski definition) is 1. The van der Waals surface area contributed by atoms with Crippen molar-refractivity contribution in [3.8, 4) is 0 Å². The summed E-state index contributed by atoms with van der Waals surface area (Å²) >= 11 is 0. The van der Waals surface area contributed by atoms with E-state index in [1.807, 2.05) is 7.05 Å². The van der Waals surface area contributed by atoms with E-state index in [2.05, 4.69) is 19.2 Å². The van der Waals surface area contributed by atoms with Crippen LogP contribution in [0.25, 0.3) is 0 Å². The van der Waals surface area contributed by atoms with Crippen LogP contribution in [0.4, 0.5) is 8.78 Å². The maximum atomic E-state index is 13.8. The molecule has 3 heteroatoms. The fourth-order valence-corrected chi connectivity index (χ4v) is 3.06. The molecule has 1 aromatic carbocycles. The normalized spacial score (nSPS) is 32.3. The van der Waals surface area contributed by atoms with Crippen molar-refractivity contribution in [1.29, 1.82) is 0 Å². The second-order valence-electron chi connectivity index (χ2n) is 5.15. The van der Waals surface area contributed by atoms with Gasteiger partial charge in [0.15, 0.2) is 0 Å². The van der Waals surface area contributed by atoms with Crippen molar-refractivity contribution in [3.05, 3.63) is 35.4 Å². The molecular formula is C14H19F2N. The molecule has 0 saturated heterocycles. The van der Waals surface area contributed by atoms with Gasteiger partial charge in [0, 0.05) is 12.1 Å². The predicted molar refractivity (Wildman–Crippen MR) is 65.0 cm³/mol. The quantitative estimate of drug-likeness (QED) is 0.851. The summed E-state index contributed by atoms with van der Waals surface area (Å²) in [5.41, 5.74) is 0.718. The fourth-order valence-electron chi connectivity index (χ4n) is 3.06. The van der Waals surface area contributed by atoms with E-state index in [0.717, 1.165) is 18.9 Å². The summed E-state index contributed by atoms with van der Waals surface area (Å²) in [5, 5.41) is 3.28. The average molecular weight is 239 g/mol. The van der Waals surface area contributed by atoms with Crippen LogP contribution >= 0.6 is 0 Å². The summed E-state index contributed by atoms with van der Waals surface area (Å²) in [7, 11) is 1.94. The molecule has 1 N–H and O–H groups in total. The van der Waals surface area contributed by atoms with Gasteiger partial charge in [0.2, 0.25) is 0 Å². The van der Waals surface area contributed by atoms with Crippen molar-refractivity contribution in [3.63, 3.8) is 0 Å². The van der Waals surface area contributed by atoms with E-state index < -0.39 is 11.6 Å². The number of nitrogens with one attached hydrogen (secondary N) is 1. The lowest BCUT2D eigenvalue weighted by Crippen LogP contribution is -2.55. The van der Waals surface area contributed by atoms with Crippen LogP contribution in [0.5, 0.6) is 0 Å². The molecule has 94 valence electrons. The van der Waals surface area contributed by atoms with Gasteiger partial charge in [0.05, 0.1) is 0 Å². The first-order chi connectivity index (χ1) is 8.02. The number of hydrogen-bond donors (Lipinski definition) is 1. The molecule has 1 aliphatic rings. The van der Waals surface area contributed by atoms with Gasteiger partial charge in [-0.15, -0.1) is 0 Å². The topological polar surface area (TPSA) is 12.0 Å². The molecule has 1 aromatic rings. The van der Waals surface area contributed by atoms with Crippen molar-refractivity contribution in [2.75, 3.05) is 7.05 Å². The van der Waals surface area contributed by atoms with Crippen LogP contribution < -0.4 is 5.32 Å². The summed E-state index contributed by atoms with van der Waals surface area (Å²) in [6.07, 6.45) is 1.91. The fraction of sp³-hybridized carbons (Fsp3) is 0.571. The third kappa shape index (κ3) is 1.86. The van der Waals surface area contributed by atoms with Gasteiger partial charge in [-0.1, -0.05) is 19.9 Å². The molecule has 2 rings (SSSR count). The molecule has 0 radical (unpaired) electrons. The Morgan fingerprint density at radius 1 is 1.41 bits per heavy atom. The Morgan fingerprint density at radius 3 is 2.65 bits per heavy atom. The SMILES string of the molecule is CCC1(C)C(NC)CC1c1ccc(F)cc1F. The second kappa shape index (κ2) is 4.37. The monoisotopic (exact) mass is 239 g/mol. The van der Waals surface area contributed by atoms with Crippen LogP contribution in [0, 0.1) is 17.0 Å². The predicted octanol–water partition coefficient (Wildman–Crippen LogP) is 3.46.